The molecule has 0 aliphatic rings. The third-order valence-electron chi connectivity index (χ3n) is 3.50. The van der Waals surface area contributed by atoms with Crippen LogP contribution in [-0.2, 0) is 19.7 Å². The number of benzene rings is 1. The van der Waals surface area contributed by atoms with E-state index in [0.29, 0.717) is 12.4 Å². The molecule has 0 unspecified atom stereocenters. The zero-order valence-corrected chi connectivity index (χ0v) is 14.7. The molecule has 0 saturated heterocycles. The molecular formula is C19H28O4. The number of unbranched alkanes of at least 4 members (excludes halogenated alkanes) is 2. The number of rotatable bonds is 8. The van der Waals surface area contributed by atoms with Crippen molar-refractivity contribution in [3.05, 3.63) is 29.8 Å². The van der Waals surface area contributed by atoms with Crippen molar-refractivity contribution in [2.45, 2.75) is 65.2 Å². The van der Waals surface area contributed by atoms with E-state index >= 15 is 0 Å². The number of ether oxygens (including phenoxy) is 2. The summed E-state index contributed by atoms with van der Waals surface area (Å²) in [6.45, 7) is 8.89. The SMILES string of the molecule is CCCCCOC(=O)CCC(=O)Oc1ccc(C(C)(C)C)cc1. The van der Waals surface area contributed by atoms with E-state index in [1.807, 2.05) is 12.1 Å². The molecule has 0 atom stereocenters. The Morgan fingerprint density at radius 2 is 1.57 bits per heavy atom. The smallest absolute Gasteiger partial charge is 0.311 e. The number of carbonyl (C=O) groups is 2. The van der Waals surface area contributed by atoms with Gasteiger partial charge in [0.2, 0.25) is 0 Å². The summed E-state index contributed by atoms with van der Waals surface area (Å²) >= 11 is 0. The largest absolute Gasteiger partial charge is 0.466 e. The maximum absolute atomic E-state index is 11.7. The molecule has 0 N–H and O–H groups in total. The van der Waals surface area contributed by atoms with Gasteiger partial charge in [-0.15, -0.1) is 0 Å². The van der Waals surface area contributed by atoms with Crippen LogP contribution < -0.4 is 4.74 Å². The average molecular weight is 320 g/mol. The molecule has 4 heteroatoms. The first-order chi connectivity index (χ1) is 10.8. The second-order valence-electron chi connectivity index (χ2n) is 6.68. The van der Waals surface area contributed by atoms with Gasteiger partial charge >= 0.3 is 11.9 Å². The fraction of sp³-hybridized carbons (Fsp3) is 0.579. The fourth-order valence-corrected chi connectivity index (χ4v) is 2.02. The van der Waals surface area contributed by atoms with Gasteiger partial charge in [-0.25, -0.2) is 0 Å². The van der Waals surface area contributed by atoms with E-state index in [1.165, 1.54) is 5.56 Å². The summed E-state index contributed by atoms with van der Waals surface area (Å²) in [5, 5.41) is 0. The van der Waals surface area contributed by atoms with Gasteiger partial charge in [-0.1, -0.05) is 52.7 Å². The third kappa shape index (κ3) is 7.82. The van der Waals surface area contributed by atoms with E-state index < -0.39 is 5.97 Å². The number of hydrogen-bond donors (Lipinski definition) is 0. The minimum Gasteiger partial charge on any atom is -0.466 e. The van der Waals surface area contributed by atoms with Crippen molar-refractivity contribution in [2.75, 3.05) is 6.61 Å². The lowest BCUT2D eigenvalue weighted by Crippen LogP contribution is -2.13. The molecule has 0 aliphatic heterocycles. The molecule has 0 saturated carbocycles. The lowest BCUT2D eigenvalue weighted by Gasteiger charge is -2.18. The van der Waals surface area contributed by atoms with Crippen LogP contribution in [0.15, 0.2) is 24.3 Å². The molecule has 23 heavy (non-hydrogen) atoms. The van der Waals surface area contributed by atoms with Crippen LogP contribution in [0.4, 0.5) is 0 Å². The Labute approximate surface area is 139 Å². The van der Waals surface area contributed by atoms with E-state index in [-0.39, 0.29) is 24.2 Å². The van der Waals surface area contributed by atoms with E-state index in [4.69, 9.17) is 9.47 Å². The lowest BCUT2D eigenvalue weighted by molar-refractivity contribution is -0.147. The van der Waals surface area contributed by atoms with Crippen LogP contribution in [0.2, 0.25) is 0 Å². The minimum absolute atomic E-state index is 0.0354. The van der Waals surface area contributed by atoms with E-state index in [9.17, 15) is 9.59 Å². The zero-order valence-electron chi connectivity index (χ0n) is 14.7. The molecule has 0 radical (unpaired) electrons. The maximum Gasteiger partial charge on any atom is 0.311 e. The summed E-state index contributed by atoms with van der Waals surface area (Å²) in [5.74, 6) is -0.264. The quantitative estimate of drug-likeness (QED) is 0.404. The Bertz CT molecular complexity index is 497. The molecule has 4 nitrogen and oxygen atoms in total. The van der Waals surface area contributed by atoms with E-state index in [2.05, 4.69) is 27.7 Å². The molecule has 128 valence electrons. The van der Waals surface area contributed by atoms with Gasteiger partial charge in [0.25, 0.3) is 0 Å². The highest BCUT2D eigenvalue weighted by molar-refractivity contribution is 5.79. The third-order valence-corrected chi connectivity index (χ3v) is 3.50. The number of hydrogen-bond acceptors (Lipinski definition) is 4. The average Bonchev–Trinajstić information content (AvgIpc) is 2.49. The molecule has 0 aromatic heterocycles. The summed E-state index contributed by atoms with van der Waals surface area (Å²) in [6.07, 6.45) is 3.09. The molecule has 0 bridgehead atoms. The van der Waals surface area contributed by atoms with Crippen molar-refractivity contribution >= 4 is 11.9 Å². The Morgan fingerprint density at radius 3 is 2.13 bits per heavy atom. The van der Waals surface area contributed by atoms with Gasteiger partial charge in [0.1, 0.15) is 5.75 Å². The van der Waals surface area contributed by atoms with Crippen LogP contribution in [0.25, 0.3) is 0 Å². The van der Waals surface area contributed by atoms with Gasteiger partial charge in [-0.2, -0.15) is 0 Å². The molecule has 1 aromatic rings. The first-order valence-electron chi connectivity index (χ1n) is 8.29. The Hall–Kier alpha value is -1.84. The first-order valence-corrected chi connectivity index (χ1v) is 8.29. The normalized spacial score (nSPS) is 11.1. The predicted molar refractivity (Wildman–Crippen MR) is 90.5 cm³/mol. The van der Waals surface area contributed by atoms with Crippen molar-refractivity contribution in [3.8, 4) is 5.75 Å². The highest BCUT2D eigenvalue weighted by Crippen LogP contribution is 2.24. The number of carbonyl (C=O) groups excluding carboxylic acids is 2. The Morgan fingerprint density at radius 1 is 0.957 bits per heavy atom. The first kappa shape index (κ1) is 19.2. The van der Waals surface area contributed by atoms with Crippen LogP contribution in [0.1, 0.15) is 65.4 Å². The second-order valence-corrected chi connectivity index (χ2v) is 6.68. The van der Waals surface area contributed by atoms with Crippen molar-refractivity contribution in [2.24, 2.45) is 0 Å². The van der Waals surface area contributed by atoms with Crippen molar-refractivity contribution in [3.63, 3.8) is 0 Å². The summed E-state index contributed by atoms with van der Waals surface area (Å²) in [5.41, 5.74) is 1.23. The van der Waals surface area contributed by atoms with Gasteiger partial charge in [-0.3, -0.25) is 9.59 Å². The standard InChI is InChI=1S/C19H28O4/c1-5-6-7-14-22-17(20)12-13-18(21)23-16-10-8-15(9-11-16)19(2,3)4/h8-11H,5-7,12-14H2,1-4H3. The van der Waals surface area contributed by atoms with Crippen LogP contribution in [0.3, 0.4) is 0 Å². The summed E-state index contributed by atoms with van der Waals surface area (Å²) < 4.78 is 10.3. The highest BCUT2D eigenvalue weighted by atomic mass is 16.5. The topological polar surface area (TPSA) is 52.6 Å². The monoisotopic (exact) mass is 320 g/mol. The number of esters is 2. The molecular weight excluding hydrogens is 292 g/mol. The predicted octanol–water partition coefficient (Wildman–Crippen LogP) is 4.40. The van der Waals surface area contributed by atoms with Gasteiger partial charge in [0.15, 0.2) is 0 Å². The van der Waals surface area contributed by atoms with Gasteiger partial charge in [-0.05, 0) is 29.5 Å². The van der Waals surface area contributed by atoms with Crippen LogP contribution in [-0.4, -0.2) is 18.5 Å². The second kappa shape index (κ2) is 9.33. The van der Waals surface area contributed by atoms with Crippen LogP contribution in [0, 0.1) is 0 Å². The molecule has 0 aliphatic carbocycles. The lowest BCUT2D eigenvalue weighted by atomic mass is 9.87. The van der Waals surface area contributed by atoms with E-state index in [0.717, 1.165) is 19.3 Å². The Kier molecular flexibility index (Phi) is 7.79. The van der Waals surface area contributed by atoms with Gasteiger partial charge in [0, 0.05) is 0 Å². The Balaban J connectivity index is 2.32. The van der Waals surface area contributed by atoms with Crippen LogP contribution >= 0.6 is 0 Å². The van der Waals surface area contributed by atoms with Crippen molar-refractivity contribution < 1.29 is 19.1 Å². The summed E-state index contributed by atoms with van der Waals surface area (Å²) in [6, 6.07) is 7.46. The zero-order chi connectivity index (χ0) is 17.3. The molecule has 0 heterocycles. The molecule has 1 aromatic carbocycles. The van der Waals surface area contributed by atoms with E-state index in [1.54, 1.807) is 12.1 Å². The van der Waals surface area contributed by atoms with Crippen molar-refractivity contribution in [1.82, 2.24) is 0 Å². The minimum atomic E-state index is -0.418. The molecule has 1 rings (SSSR count). The van der Waals surface area contributed by atoms with Crippen molar-refractivity contribution in [1.29, 1.82) is 0 Å². The maximum atomic E-state index is 11.7. The summed E-state index contributed by atoms with van der Waals surface area (Å²) in [4.78, 5) is 23.2. The van der Waals surface area contributed by atoms with Crippen LogP contribution in [0.5, 0.6) is 5.75 Å². The molecule has 0 spiro atoms. The fourth-order valence-electron chi connectivity index (χ4n) is 2.02. The molecule has 0 fully saturated rings. The highest BCUT2D eigenvalue weighted by Gasteiger charge is 2.14. The van der Waals surface area contributed by atoms with Gasteiger partial charge < -0.3 is 9.47 Å². The summed E-state index contributed by atoms with van der Waals surface area (Å²) in [7, 11) is 0. The van der Waals surface area contributed by atoms with Gasteiger partial charge in [0.05, 0.1) is 19.4 Å². The molecule has 0 amide bonds.